The van der Waals surface area contributed by atoms with Gasteiger partial charge in [0.05, 0.1) is 5.92 Å². The molecule has 1 fully saturated rings. The Bertz CT molecular complexity index is 272. The zero-order valence-corrected chi connectivity index (χ0v) is 10.1. The molecule has 1 saturated heterocycles. The van der Waals surface area contributed by atoms with E-state index in [0.717, 1.165) is 6.42 Å². The van der Waals surface area contributed by atoms with Crippen LogP contribution in [0.4, 0.5) is 4.79 Å². The summed E-state index contributed by atoms with van der Waals surface area (Å²) in [5.41, 5.74) is 0. The van der Waals surface area contributed by atoms with Gasteiger partial charge in [-0.1, -0.05) is 20.8 Å². The van der Waals surface area contributed by atoms with Gasteiger partial charge in [-0.05, 0) is 12.3 Å². The molecule has 5 nitrogen and oxygen atoms in total. The van der Waals surface area contributed by atoms with Gasteiger partial charge in [-0.2, -0.15) is 0 Å². The number of hydrogen-bond donors (Lipinski definition) is 2. The average molecular weight is 228 g/mol. The Hall–Kier alpha value is -1.26. The summed E-state index contributed by atoms with van der Waals surface area (Å²) >= 11 is 0. The third kappa shape index (κ3) is 2.87. The van der Waals surface area contributed by atoms with E-state index in [1.54, 1.807) is 4.90 Å². The fraction of sp³-hybridized carbons (Fsp3) is 0.818. The molecule has 5 heteroatoms. The molecule has 0 bridgehead atoms. The van der Waals surface area contributed by atoms with Crippen LogP contribution in [0.2, 0.25) is 0 Å². The van der Waals surface area contributed by atoms with Crippen LogP contribution in [-0.4, -0.2) is 41.1 Å². The number of aliphatic carboxylic acids is 1. The molecule has 16 heavy (non-hydrogen) atoms. The zero-order valence-electron chi connectivity index (χ0n) is 10.1. The van der Waals surface area contributed by atoms with Gasteiger partial charge < -0.3 is 15.3 Å². The number of nitrogens with one attached hydrogen (secondary N) is 1. The maximum atomic E-state index is 11.7. The molecular formula is C11H20N2O3. The molecule has 0 aromatic rings. The maximum absolute atomic E-state index is 11.7. The smallest absolute Gasteiger partial charge is 0.317 e. The molecule has 2 amide bonds. The SMILES string of the molecule is CCC(NC(=O)N1CC(C(=O)O)C1)C(C)C. The minimum absolute atomic E-state index is 0.141. The Morgan fingerprint density at radius 2 is 2.00 bits per heavy atom. The molecule has 2 N–H and O–H groups in total. The fourth-order valence-corrected chi connectivity index (χ4v) is 1.79. The van der Waals surface area contributed by atoms with Gasteiger partial charge in [-0.3, -0.25) is 4.79 Å². The number of carboxylic acid groups (broad SMARTS) is 1. The molecular weight excluding hydrogens is 208 g/mol. The van der Waals surface area contributed by atoms with Gasteiger partial charge in [0.1, 0.15) is 0 Å². The number of carbonyl (C=O) groups excluding carboxylic acids is 1. The third-order valence-corrected chi connectivity index (χ3v) is 3.07. The summed E-state index contributed by atoms with van der Waals surface area (Å²) in [4.78, 5) is 23.8. The lowest BCUT2D eigenvalue weighted by atomic mass is 10.00. The van der Waals surface area contributed by atoms with Gasteiger partial charge in [0.25, 0.3) is 0 Å². The predicted octanol–water partition coefficient (Wildman–Crippen LogP) is 1.15. The zero-order chi connectivity index (χ0) is 12.3. The standard InChI is InChI=1S/C11H20N2O3/c1-4-9(7(2)3)12-11(16)13-5-8(6-13)10(14)15/h7-9H,4-6H2,1-3H3,(H,12,16)(H,14,15). The molecule has 0 aromatic heterocycles. The van der Waals surface area contributed by atoms with Crippen LogP contribution in [0.15, 0.2) is 0 Å². The van der Waals surface area contributed by atoms with Gasteiger partial charge in [0.15, 0.2) is 0 Å². The first kappa shape index (κ1) is 12.8. The Kier molecular flexibility index (Phi) is 4.15. The molecule has 0 radical (unpaired) electrons. The summed E-state index contributed by atoms with van der Waals surface area (Å²) in [6.45, 7) is 6.81. The van der Waals surface area contributed by atoms with Crippen LogP contribution < -0.4 is 5.32 Å². The molecule has 0 spiro atoms. The number of nitrogens with zero attached hydrogens (tertiary/aromatic N) is 1. The number of urea groups is 1. The van der Waals surface area contributed by atoms with Gasteiger partial charge in [0.2, 0.25) is 0 Å². The second-order valence-electron chi connectivity index (χ2n) is 4.65. The molecule has 92 valence electrons. The maximum Gasteiger partial charge on any atom is 0.317 e. The highest BCUT2D eigenvalue weighted by atomic mass is 16.4. The molecule has 1 unspecified atom stereocenters. The normalized spacial score (nSPS) is 18.1. The van der Waals surface area contributed by atoms with Crippen molar-refractivity contribution in [3.05, 3.63) is 0 Å². The first-order chi connectivity index (χ1) is 7.45. The monoisotopic (exact) mass is 228 g/mol. The van der Waals surface area contributed by atoms with Crippen molar-refractivity contribution in [2.75, 3.05) is 13.1 Å². The number of hydrogen-bond acceptors (Lipinski definition) is 2. The summed E-state index contributed by atoms with van der Waals surface area (Å²) in [6, 6.07) is 0.0226. The summed E-state index contributed by atoms with van der Waals surface area (Å²) in [5, 5.41) is 11.6. The lowest BCUT2D eigenvalue weighted by molar-refractivity contribution is -0.146. The third-order valence-electron chi connectivity index (χ3n) is 3.07. The van der Waals surface area contributed by atoms with Crippen molar-refractivity contribution in [3.63, 3.8) is 0 Å². The van der Waals surface area contributed by atoms with Gasteiger partial charge >= 0.3 is 12.0 Å². The highest BCUT2D eigenvalue weighted by Gasteiger charge is 2.36. The average Bonchev–Trinajstić information content (AvgIpc) is 2.10. The van der Waals surface area contributed by atoms with Crippen molar-refractivity contribution in [1.29, 1.82) is 0 Å². The largest absolute Gasteiger partial charge is 0.481 e. The van der Waals surface area contributed by atoms with Crippen molar-refractivity contribution in [1.82, 2.24) is 10.2 Å². The van der Waals surface area contributed by atoms with Crippen molar-refractivity contribution in [3.8, 4) is 0 Å². The van der Waals surface area contributed by atoms with E-state index in [1.165, 1.54) is 0 Å². The highest BCUT2D eigenvalue weighted by Crippen LogP contribution is 2.16. The van der Waals surface area contributed by atoms with E-state index in [9.17, 15) is 9.59 Å². The van der Waals surface area contributed by atoms with Crippen LogP contribution in [0.3, 0.4) is 0 Å². The molecule has 1 aliphatic heterocycles. The van der Waals surface area contributed by atoms with E-state index in [-0.39, 0.29) is 18.0 Å². The van der Waals surface area contributed by atoms with E-state index in [2.05, 4.69) is 19.2 Å². The van der Waals surface area contributed by atoms with Crippen LogP contribution in [-0.2, 0) is 4.79 Å². The molecule has 0 aliphatic carbocycles. The van der Waals surface area contributed by atoms with E-state index in [4.69, 9.17) is 5.11 Å². The second-order valence-corrected chi connectivity index (χ2v) is 4.65. The Labute approximate surface area is 95.8 Å². The Balaban J connectivity index is 2.35. The minimum atomic E-state index is -0.819. The van der Waals surface area contributed by atoms with Crippen molar-refractivity contribution >= 4 is 12.0 Å². The molecule has 1 heterocycles. The quantitative estimate of drug-likeness (QED) is 0.758. The molecule has 1 atom stereocenters. The fourth-order valence-electron chi connectivity index (χ4n) is 1.79. The first-order valence-corrected chi connectivity index (χ1v) is 5.74. The van der Waals surface area contributed by atoms with Crippen LogP contribution >= 0.6 is 0 Å². The van der Waals surface area contributed by atoms with Gasteiger partial charge in [-0.15, -0.1) is 0 Å². The number of carbonyl (C=O) groups is 2. The molecule has 0 aromatic carbocycles. The predicted molar refractivity (Wildman–Crippen MR) is 60.1 cm³/mol. The van der Waals surface area contributed by atoms with Crippen molar-refractivity contribution in [2.45, 2.75) is 33.2 Å². The number of rotatable bonds is 4. The van der Waals surface area contributed by atoms with Crippen LogP contribution in [0, 0.1) is 11.8 Å². The van der Waals surface area contributed by atoms with Crippen molar-refractivity contribution < 1.29 is 14.7 Å². The topological polar surface area (TPSA) is 69.6 Å². The summed E-state index contributed by atoms with van der Waals surface area (Å²) < 4.78 is 0. The van der Waals surface area contributed by atoms with Gasteiger partial charge in [0, 0.05) is 19.1 Å². The minimum Gasteiger partial charge on any atom is -0.481 e. The Morgan fingerprint density at radius 3 is 2.38 bits per heavy atom. The number of amides is 2. The summed E-state index contributed by atoms with van der Waals surface area (Å²) in [5.74, 6) is -0.810. The van der Waals surface area contributed by atoms with E-state index in [1.807, 2.05) is 6.92 Å². The molecule has 0 saturated carbocycles. The Morgan fingerprint density at radius 1 is 1.44 bits per heavy atom. The van der Waals surface area contributed by atoms with E-state index in [0.29, 0.717) is 19.0 Å². The second kappa shape index (κ2) is 5.18. The molecule has 1 aliphatic rings. The van der Waals surface area contributed by atoms with Crippen LogP contribution in [0.25, 0.3) is 0 Å². The lowest BCUT2D eigenvalue weighted by Crippen LogP contribution is -2.58. The van der Waals surface area contributed by atoms with Crippen LogP contribution in [0.5, 0.6) is 0 Å². The number of carboxylic acids is 1. The number of likely N-dealkylation sites (tertiary alicyclic amines) is 1. The lowest BCUT2D eigenvalue weighted by Gasteiger charge is -2.37. The first-order valence-electron chi connectivity index (χ1n) is 5.74. The summed E-state index contributed by atoms with van der Waals surface area (Å²) in [7, 11) is 0. The van der Waals surface area contributed by atoms with Crippen molar-refractivity contribution in [2.24, 2.45) is 11.8 Å². The summed E-state index contributed by atoms with van der Waals surface area (Å²) in [6.07, 6.45) is 0.888. The van der Waals surface area contributed by atoms with E-state index >= 15 is 0 Å². The van der Waals surface area contributed by atoms with Gasteiger partial charge in [-0.25, -0.2) is 4.79 Å². The highest BCUT2D eigenvalue weighted by molar-refractivity contribution is 5.79. The van der Waals surface area contributed by atoms with E-state index < -0.39 is 5.97 Å². The van der Waals surface area contributed by atoms with Crippen LogP contribution in [0.1, 0.15) is 27.2 Å². The molecule has 1 rings (SSSR count).